The number of guanidine groups is 1. The number of hydrogen-bond donors (Lipinski definition) is 2. The van der Waals surface area contributed by atoms with Crippen molar-refractivity contribution in [2.75, 3.05) is 13.2 Å². The fraction of sp³-hybridized carbons (Fsp3) is 0.129. The molecule has 0 saturated heterocycles. The Morgan fingerprint density at radius 3 is 2.08 bits per heavy atom. The molecule has 0 bridgehead atoms. The van der Waals surface area contributed by atoms with Crippen molar-refractivity contribution in [3.8, 4) is 5.75 Å². The molecule has 190 valence electrons. The van der Waals surface area contributed by atoms with E-state index < -0.39 is 5.54 Å². The van der Waals surface area contributed by atoms with Gasteiger partial charge in [-0.15, -0.1) is 0 Å². The first-order valence-electron chi connectivity index (χ1n) is 12.4. The zero-order chi connectivity index (χ0) is 26.4. The van der Waals surface area contributed by atoms with Crippen LogP contribution in [0.3, 0.4) is 0 Å². The van der Waals surface area contributed by atoms with Crippen molar-refractivity contribution < 1.29 is 14.3 Å². The summed E-state index contributed by atoms with van der Waals surface area (Å²) in [6.07, 6.45) is 0. The molecule has 5 rings (SSSR count). The Balaban J connectivity index is 1.30. The molecule has 4 aromatic rings. The van der Waals surface area contributed by atoms with Crippen molar-refractivity contribution >= 4 is 17.8 Å². The van der Waals surface area contributed by atoms with Crippen LogP contribution in [-0.4, -0.2) is 35.8 Å². The molecule has 0 fully saturated rings. The van der Waals surface area contributed by atoms with Crippen molar-refractivity contribution in [3.63, 3.8) is 0 Å². The second kappa shape index (κ2) is 11.0. The van der Waals surface area contributed by atoms with Gasteiger partial charge in [0.15, 0.2) is 11.5 Å². The van der Waals surface area contributed by atoms with Crippen LogP contribution in [0.4, 0.5) is 0 Å². The van der Waals surface area contributed by atoms with Crippen molar-refractivity contribution in [1.82, 2.24) is 10.2 Å². The predicted molar refractivity (Wildman–Crippen MR) is 147 cm³/mol. The number of benzene rings is 4. The lowest BCUT2D eigenvalue weighted by atomic mass is 9.83. The number of carbonyl (C=O) groups is 2. The summed E-state index contributed by atoms with van der Waals surface area (Å²) in [5, 5.41) is 2.87. The predicted octanol–water partition coefficient (Wildman–Crippen LogP) is 4.10. The number of amides is 2. The zero-order valence-electron chi connectivity index (χ0n) is 20.8. The third kappa shape index (κ3) is 4.99. The summed E-state index contributed by atoms with van der Waals surface area (Å²) >= 11 is 0. The normalized spacial score (nSPS) is 14.2. The SMILES string of the molecule is NC1=NC(c2ccccc2)(c2ccccc2)C(=O)N1Cc1cccc(C(=O)NCCOc2ccccc2)c1. The fourth-order valence-electron chi connectivity index (χ4n) is 4.58. The number of carbonyl (C=O) groups excluding carboxylic acids is 2. The summed E-state index contributed by atoms with van der Waals surface area (Å²) in [4.78, 5) is 32.9. The quantitative estimate of drug-likeness (QED) is 0.336. The molecule has 1 aliphatic heterocycles. The number of para-hydroxylation sites is 1. The summed E-state index contributed by atoms with van der Waals surface area (Å²) in [7, 11) is 0. The van der Waals surface area contributed by atoms with Crippen LogP contribution in [-0.2, 0) is 16.9 Å². The molecule has 0 aliphatic carbocycles. The van der Waals surface area contributed by atoms with Gasteiger partial charge < -0.3 is 15.8 Å². The standard InChI is InChI=1S/C31H28N4O3/c32-30-34-31(25-13-4-1-5-14-25,26-15-6-2-7-16-26)29(37)35(30)22-23-11-10-12-24(21-23)28(36)33-19-20-38-27-17-8-3-9-18-27/h1-18,21H,19-20,22H2,(H2,32,34)(H,33,36). The van der Waals surface area contributed by atoms with Crippen molar-refractivity contribution in [1.29, 1.82) is 0 Å². The van der Waals surface area contributed by atoms with Gasteiger partial charge in [-0.2, -0.15) is 0 Å². The van der Waals surface area contributed by atoms with Crippen LogP contribution < -0.4 is 15.8 Å². The lowest BCUT2D eigenvalue weighted by Crippen LogP contribution is -2.43. The molecule has 1 heterocycles. The Bertz CT molecular complexity index is 1400. The topological polar surface area (TPSA) is 97.0 Å². The van der Waals surface area contributed by atoms with E-state index in [2.05, 4.69) is 5.32 Å². The zero-order valence-corrected chi connectivity index (χ0v) is 20.8. The molecule has 7 heteroatoms. The molecule has 0 aromatic heterocycles. The Labute approximate surface area is 221 Å². The third-order valence-corrected chi connectivity index (χ3v) is 6.43. The molecule has 0 radical (unpaired) electrons. The number of rotatable bonds is 9. The van der Waals surface area contributed by atoms with Gasteiger partial charge in [0.2, 0.25) is 0 Å². The van der Waals surface area contributed by atoms with E-state index >= 15 is 0 Å². The van der Waals surface area contributed by atoms with Crippen LogP contribution in [0.5, 0.6) is 5.75 Å². The lowest BCUT2D eigenvalue weighted by Gasteiger charge is -2.27. The molecular formula is C31H28N4O3. The van der Waals surface area contributed by atoms with Crippen molar-refractivity contribution in [3.05, 3.63) is 138 Å². The van der Waals surface area contributed by atoms with Gasteiger partial charge in [0.25, 0.3) is 11.8 Å². The van der Waals surface area contributed by atoms with Crippen molar-refractivity contribution in [2.24, 2.45) is 10.7 Å². The van der Waals surface area contributed by atoms with E-state index in [0.717, 1.165) is 22.4 Å². The number of nitrogens with two attached hydrogens (primary N) is 1. The largest absolute Gasteiger partial charge is 0.492 e. The molecule has 0 spiro atoms. The third-order valence-electron chi connectivity index (χ3n) is 6.43. The van der Waals surface area contributed by atoms with Gasteiger partial charge >= 0.3 is 0 Å². The molecule has 3 N–H and O–H groups in total. The number of aliphatic imine (C=N–C) groups is 1. The fourth-order valence-corrected chi connectivity index (χ4v) is 4.58. The Morgan fingerprint density at radius 2 is 1.45 bits per heavy atom. The second-order valence-electron chi connectivity index (χ2n) is 8.92. The van der Waals surface area contributed by atoms with Gasteiger partial charge in [-0.05, 0) is 41.0 Å². The average Bonchev–Trinajstić information content (AvgIpc) is 3.22. The molecule has 7 nitrogen and oxygen atoms in total. The van der Waals surface area contributed by atoms with Crippen LogP contribution in [0.1, 0.15) is 27.0 Å². The summed E-state index contributed by atoms with van der Waals surface area (Å²) in [5.74, 6) is 0.428. The van der Waals surface area contributed by atoms with Crippen LogP contribution in [0.15, 0.2) is 120 Å². The minimum Gasteiger partial charge on any atom is -0.492 e. The summed E-state index contributed by atoms with van der Waals surface area (Å²) in [6.45, 7) is 0.901. The van der Waals surface area contributed by atoms with Gasteiger partial charge in [0.05, 0.1) is 13.1 Å². The molecule has 0 atom stereocenters. The maximum absolute atomic E-state index is 14.0. The highest BCUT2D eigenvalue weighted by Gasteiger charge is 2.50. The van der Waals surface area contributed by atoms with E-state index in [1.165, 1.54) is 4.90 Å². The Hall–Kier alpha value is -4.91. The summed E-state index contributed by atoms with van der Waals surface area (Å²) in [5.41, 5.74) is 7.83. The van der Waals surface area contributed by atoms with Gasteiger partial charge in [-0.3, -0.25) is 14.5 Å². The first-order valence-corrected chi connectivity index (χ1v) is 12.4. The number of nitrogens with zero attached hydrogens (tertiary/aromatic N) is 2. The summed E-state index contributed by atoms with van der Waals surface area (Å²) < 4.78 is 5.63. The van der Waals surface area contributed by atoms with Gasteiger partial charge in [-0.1, -0.05) is 91.0 Å². The van der Waals surface area contributed by atoms with E-state index in [9.17, 15) is 9.59 Å². The van der Waals surface area contributed by atoms with E-state index in [1.54, 1.807) is 18.2 Å². The Kier molecular flexibility index (Phi) is 7.17. The first kappa shape index (κ1) is 24.8. The van der Waals surface area contributed by atoms with E-state index in [-0.39, 0.29) is 24.3 Å². The maximum Gasteiger partial charge on any atom is 0.266 e. The summed E-state index contributed by atoms with van der Waals surface area (Å²) in [6, 6.07) is 35.5. The second-order valence-corrected chi connectivity index (χ2v) is 8.92. The number of ether oxygens (including phenoxy) is 1. The van der Waals surface area contributed by atoms with E-state index in [4.69, 9.17) is 15.5 Å². The molecule has 4 aromatic carbocycles. The maximum atomic E-state index is 14.0. The van der Waals surface area contributed by atoms with E-state index in [0.29, 0.717) is 18.7 Å². The molecule has 0 unspecified atom stereocenters. The van der Waals surface area contributed by atoms with E-state index in [1.807, 2.05) is 97.1 Å². The number of hydrogen-bond acceptors (Lipinski definition) is 5. The highest BCUT2D eigenvalue weighted by molar-refractivity contribution is 6.09. The minimum atomic E-state index is -1.26. The van der Waals surface area contributed by atoms with Crippen molar-refractivity contribution in [2.45, 2.75) is 12.1 Å². The van der Waals surface area contributed by atoms with Gasteiger partial charge in [-0.25, -0.2) is 4.99 Å². The lowest BCUT2D eigenvalue weighted by molar-refractivity contribution is -0.130. The molecule has 0 saturated carbocycles. The van der Waals surface area contributed by atoms with Gasteiger partial charge in [0.1, 0.15) is 12.4 Å². The molecule has 2 amide bonds. The van der Waals surface area contributed by atoms with Crippen LogP contribution in [0.2, 0.25) is 0 Å². The highest BCUT2D eigenvalue weighted by atomic mass is 16.5. The van der Waals surface area contributed by atoms with Gasteiger partial charge in [0, 0.05) is 5.56 Å². The average molecular weight is 505 g/mol. The Morgan fingerprint density at radius 1 is 0.842 bits per heavy atom. The minimum absolute atomic E-state index is 0.135. The van der Waals surface area contributed by atoms with Crippen LogP contribution in [0.25, 0.3) is 0 Å². The molecule has 38 heavy (non-hydrogen) atoms. The van der Waals surface area contributed by atoms with Crippen LogP contribution in [0, 0.1) is 0 Å². The van der Waals surface area contributed by atoms with Crippen LogP contribution >= 0.6 is 0 Å². The smallest absolute Gasteiger partial charge is 0.266 e. The monoisotopic (exact) mass is 504 g/mol. The number of nitrogens with one attached hydrogen (secondary N) is 1. The molecular weight excluding hydrogens is 476 g/mol. The first-order chi connectivity index (χ1) is 18.6. The highest BCUT2D eigenvalue weighted by Crippen LogP contribution is 2.39. The molecule has 1 aliphatic rings.